The van der Waals surface area contributed by atoms with Crippen molar-refractivity contribution < 1.29 is 33.4 Å². The van der Waals surface area contributed by atoms with Crippen LogP contribution in [0, 0.1) is 0 Å². The molecule has 15 nitrogen and oxygen atoms in total. The number of likely N-dealkylation sites (tertiary alicyclic amines) is 2. The van der Waals surface area contributed by atoms with E-state index in [1.54, 1.807) is 28.1 Å². The summed E-state index contributed by atoms with van der Waals surface area (Å²) < 4.78 is 9.65. The molecule has 7 aromatic rings. The number of hydrogen-bond donors (Lipinski definition) is 4. The summed E-state index contributed by atoms with van der Waals surface area (Å²) in [5.41, 5.74) is 6.07. The quantitative estimate of drug-likeness (QED) is 0.102. The van der Waals surface area contributed by atoms with Gasteiger partial charge in [-0.25, -0.2) is 14.6 Å². The number of aromatic nitrogens is 3. The predicted molar refractivity (Wildman–Crippen MR) is 245 cm³/mol. The maximum atomic E-state index is 14.1. The van der Waals surface area contributed by atoms with Crippen molar-refractivity contribution in [3.05, 3.63) is 144 Å². The SMILES string of the molecule is COC(=O)N[C@@H](C(=O)N1CCC[C@H]1CNC(=O)c1cnc2cc(-c3ccc4c(ccc5nc([C@@H]6CCCN6C(=O)[C@H](NC(=O)OC)c6ccccc6)[nH]c54)c3)ccc2c1)c1ccccc1. The number of rotatable bonds is 11. The van der Waals surface area contributed by atoms with Gasteiger partial charge in [0.25, 0.3) is 11.8 Å². The monoisotopic (exact) mass is 872 g/mol. The summed E-state index contributed by atoms with van der Waals surface area (Å²) in [4.78, 5) is 82.5. The zero-order chi connectivity index (χ0) is 45.0. The van der Waals surface area contributed by atoms with Crippen molar-refractivity contribution in [2.45, 2.75) is 49.9 Å². The molecule has 5 aromatic carbocycles. The lowest BCUT2D eigenvalue weighted by Crippen LogP contribution is -2.48. The molecule has 0 bridgehead atoms. The second-order valence-electron chi connectivity index (χ2n) is 16.3. The number of amides is 5. The van der Waals surface area contributed by atoms with Crippen molar-refractivity contribution in [1.29, 1.82) is 0 Å². The number of nitrogens with zero attached hydrogens (tertiary/aromatic N) is 4. The third kappa shape index (κ3) is 8.77. The van der Waals surface area contributed by atoms with Gasteiger partial charge in [0.15, 0.2) is 0 Å². The first-order chi connectivity index (χ1) is 31.7. The average molecular weight is 873 g/mol. The molecule has 330 valence electrons. The van der Waals surface area contributed by atoms with E-state index in [0.29, 0.717) is 42.0 Å². The first kappa shape index (κ1) is 42.5. The summed E-state index contributed by atoms with van der Waals surface area (Å²) in [5.74, 6) is -0.0888. The van der Waals surface area contributed by atoms with Gasteiger partial charge in [-0.15, -0.1) is 0 Å². The Balaban J connectivity index is 0.884. The number of carbonyl (C=O) groups is 5. The van der Waals surface area contributed by atoms with Gasteiger partial charge in [-0.3, -0.25) is 19.4 Å². The molecule has 2 aromatic heterocycles. The van der Waals surface area contributed by atoms with E-state index in [1.165, 1.54) is 14.2 Å². The predicted octanol–water partition coefficient (Wildman–Crippen LogP) is 7.51. The highest BCUT2D eigenvalue weighted by molar-refractivity contribution is 6.06. The number of pyridine rings is 1. The molecule has 15 heteroatoms. The number of carbonyl (C=O) groups excluding carboxylic acids is 5. The van der Waals surface area contributed by atoms with Gasteiger partial charge in [0, 0.05) is 42.6 Å². The van der Waals surface area contributed by atoms with Gasteiger partial charge in [0.2, 0.25) is 5.91 Å². The van der Waals surface area contributed by atoms with Crippen LogP contribution in [0.15, 0.2) is 121 Å². The zero-order valence-electron chi connectivity index (χ0n) is 36.0. The van der Waals surface area contributed by atoms with E-state index in [0.717, 1.165) is 63.1 Å². The Morgan fingerprint density at radius 3 is 2.00 bits per heavy atom. The summed E-state index contributed by atoms with van der Waals surface area (Å²) in [6, 6.07) is 33.9. The lowest BCUT2D eigenvalue weighted by atomic mass is 9.99. The normalized spacial score (nSPS) is 16.9. The third-order valence-electron chi connectivity index (χ3n) is 12.4. The van der Waals surface area contributed by atoms with Crippen LogP contribution in [-0.2, 0) is 19.1 Å². The highest BCUT2D eigenvalue weighted by atomic mass is 16.5. The minimum atomic E-state index is -0.919. The topological polar surface area (TPSA) is 188 Å². The maximum Gasteiger partial charge on any atom is 0.407 e. The van der Waals surface area contributed by atoms with Crippen LogP contribution in [-0.4, -0.2) is 94.6 Å². The molecule has 0 aliphatic carbocycles. The van der Waals surface area contributed by atoms with Crippen molar-refractivity contribution in [3.63, 3.8) is 0 Å². The van der Waals surface area contributed by atoms with Crippen LogP contribution in [0.25, 0.3) is 43.8 Å². The van der Waals surface area contributed by atoms with Gasteiger partial charge in [0.1, 0.15) is 17.9 Å². The lowest BCUT2D eigenvalue weighted by molar-refractivity contribution is -0.135. The second-order valence-corrected chi connectivity index (χ2v) is 16.3. The first-order valence-corrected chi connectivity index (χ1v) is 21.7. The van der Waals surface area contributed by atoms with Gasteiger partial charge in [-0.2, -0.15) is 0 Å². The number of aromatic amines is 1. The van der Waals surface area contributed by atoms with Crippen LogP contribution in [0.5, 0.6) is 0 Å². The standard InChI is InChI=1S/C50H48N8O7/c1-64-49(62)55-42(30-11-5-3-6-12-30)47(60)57-23-9-15-37(57)29-52-46(59)36-26-35-18-17-33(27-40(35)51-28-36)32-19-21-38-34(25-32)20-22-39-44(38)54-45(53-39)41-16-10-24-58(41)48(61)43(56-50(63)65-2)31-13-7-4-8-14-31/h3-8,11-14,17-22,25-28,37,41-43H,9-10,15-16,23-24,29H2,1-2H3,(H,52,59)(H,53,54)(H,55,62)(H,56,63)/t37-,41-,42+,43+/m0/s1. The Morgan fingerprint density at radius 1 is 0.692 bits per heavy atom. The summed E-state index contributed by atoms with van der Waals surface area (Å²) in [6.45, 7) is 1.29. The molecule has 2 aliphatic heterocycles. The smallest absolute Gasteiger partial charge is 0.407 e. The molecule has 0 unspecified atom stereocenters. The van der Waals surface area contributed by atoms with E-state index in [2.05, 4.69) is 44.1 Å². The molecule has 65 heavy (non-hydrogen) atoms. The molecular formula is C50H48N8O7. The number of hydrogen-bond acceptors (Lipinski definition) is 9. The van der Waals surface area contributed by atoms with Crippen LogP contribution >= 0.6 is 0 Å². The number of fused-ring (bicyclic) bond motifs is 4. The van der Waals surface area contributed by atoms with Crippen LogP contribution in [0.1, 0.15) is 71.1 Å². The van der Waals surface area contributed by atoms with E-state index in [-0.39, 0.29) is 36.3 Å². The fraction of sp³-hybridized carbons (Fsp3) is 0.260. The summed E-state index contributed by atoms with van der Waals surface area (Å²) >= 11 is 0. The van der Waals surface area contributed by atoms with E-state index in [1.807, 2.05) is 84.9 Å². The van der Waals surface area contributed by atoms with Gasteiger partial charge in [-0.1, -0.05) is 91.0 Å². The van der Waals surface area contributed by atoms with Crippen LogP contribution in [0.2, 0.25) is 0 Å². The molecule has 5 amide bonds. The third-order valence-corrected chi connectivity index (χ3v) is 12.4. The Kier molecular flexibility index (Phi) is 12.1. The summed E-state index contributed by atoms with van der Waals surface area (Å²) in [5, 5.41) is 11.2. The highest BCUT2D eigenvalue weighted by Gasteiger charge is 2.38. The zero-order valence-corrected chi connectivity index (χ0v) is 36.0. The summed E-state index contributed by atoms with van der Waals surface area (Å²) in [6.07, 6.45) is 3.19. The van der Waals surface area contributed by atoms with E-state index in [9.17, 15) is 24.0 Å². The van der Waals surface area contributed by atoms with Crippen LogP contribution < -0.4 is 16.0 Å². The minimum absolute atomic E-state index is 0.227. The molecule has 0 saturated carbocycles. The lowest BCUT2D eigenvalue weighted by Gasteiger charge is -2.29. The van der Waals surface area contributed by atoms with E-state index >= 15 is 0 Å². The number of nitrogens with one attached hydrogen (secondary N) is 4. The molecule has 4 N–H and O–H groups in total. The summed E-state index contributed by atoms with van der Waals surface area (Å²) in [7, 11) is 2.53. The Bertz CT molecular complexity index is 2920. The molecule has 4 heterocycles. The number of ether oxygens (including phenoxy) is 2. The van der Waals surface area contributed by atoms with E-state index < -0.39 is 24.3 Å². The first-order valence-electron chi connectivity index (χ1n) is 21.7. The average Bonchev–Trinajstić information content (AvgIpc) is 4.14. The molecule has 0 spiro atoms. The van der Waals surface area contributed by atoms with Gasteiger partial charge in [-0.05, 0) is 77.6 Å². The number of methoxy groups -OCH3 is 2. The molecule has 0 radical (unpaired) electrons. The van der Waals surface area contributed by atoms with Gasteiger partial charge >= 0.3 is 12.2 Å². The van der Waals surface area contributed by atoms with Crippen molar-refractivity contribution in [1.82, 2.24) is 40.7 Å². The molecular weight excluding hydrogens is 825 g/mol. The molecule has 4 atom stereocenters. The fourth-order valence-electron chi connectivity index (χ4n) is 9.11. The number of benzene rings is 5. The van der Waals surface area contributed by atoms with Gasteiger partial charge in [0.05, 0.1) is 42.4 Å². The van der Waals surface area contributed by atoms with Crippen molar-refractivity contribution in [3.8, 4) is 11.1 Å². The highest BCUT2D eigenvalue weighted by Crippen LogP contribution is 2.36. The molecule has 2 aliphatic rings. The van der Waals surface area contributed by atoms with Crippen molar-refractivity contribution >= 4 is 62.6 Å². The Labute approximate surface area is 374 Å². The number of imidazole rings is 1. The number of H-pyrrole nitrogens is 1. The molecule has 9 rings (SSSR count). The molecule has 2 saturated heterocycles. The molecule has 2 fully saturated rings. The van der Waals surface area contributed by atoms with Crippen molar-refractivity contribution in [2.75, 3.05) is 33.9 Å². The fourth-order valence-corrected chi connectivity index (χ4v) is 9.11. The Morgan fingerprint density at radius 2 is 1.31 bits per heavy atom. The Hall–Kier alpha value is -7.81. The minimum Gasteiger partial charge on any atom is -0.453 e. The number of alkyl carbamates (subject to hydrolysis) is 2. The van der Waals surface area contributed by atoms with Crippen LogP contribution in [0.4, 0.5) is 9.59 Å². The van der Waals surface area contributed by atoms with Gasteiger partial charge < -0.3 is 40.2 Å². The largest absolute Gasteiger partial charge is 0.453 e. The van der Waals surface area contributed by atoms with E-state index in [4.69, 9.17) is 14.5 Å². The maximum absolute atomic E-state index is 14.1. The van der Waals surface area contributed by atoms with Crippen LogP contribution in [0.3, 0.4) is 0 Å². The van der Waals surface area contributed by atoms with Crippen molar-refractivity contribution in [2.24, 2.45) is 0 Å². The second kappa shape index (κ2) is 18.5.